The number of benzene rings is 3. The molecule has 1 fully saturated rings. The zero-order valence-corrected chi connectivity index (χ0v) is 23.6. The lowest BCUT2D eigenvalue weighted by Gasteiger charge is -2.40. The van der Waals surface area contributed by atoms with Gasteiger partial charge in [0.1, 0.15) is 17.6 Å². The molecule has 4 rings (SSSR count). The average molecular weight is 543 g/mol. The number of unbranched alkanes of at least 4 members (excludes halogenated alkanes) is 7. The van der Waals surface area contributed by atoms with Crippen LogP contribution in [0.4, 0.5) is 0 Å². The van der Waals surface area contributed by atoms with Gasteiger partial charge in [-0.3, -0.25) is 9.59 Å². The molecule has 212 valence electrons. The zero-order chi connectivity index (χ0) is 28.0. The fraction of sp³-hybridized carbons (Fsp3) is 0.429. The van der Waals surface area contributed by atoms with Crippen LogP contribution in [0.2, 0.25) is 0 Å². The van der Waals surface area contributed by atoms with Crippen LogP contribution in [0.1, 0.15) is 80.9 Å². The molecule has 0 spiro atoms. The number of ether oxygens (including phenoxy) is 3. The van der Waals surface area contributed by atoms with E-state index >= 15 is 0 Å². The number of hydrogen-bond donors (Lipinski definition) is 0. The standard InChI is InChI=1S/C35H42O5/c1-38-33(36)26-18-7-5-3-2-4-6-17-25-32-31(34(37)40-32)27-39-35(28-19-11-8-12-20-28,29-21-13-9-14-22-29)30-23-15-10-16-24-30/h8-16,19-24,31-32H,2-7,17-18,25-27H2,1H3/t31-,32-/m1/s1. The average Bonchev–Trinajstić information content (AvgIpc) is 3.00. The van der Waals surface area contributed by atoms with Gasteiger partial charge >= 0.3 is 11.9 Å². The first-order chi connectivity index (χ1) is 19.6. The molecule has 0 amide bonds. The Morgan fingerprint density at radius 2 is 1.15 bits per heavy atom. The van der Waals surface area contributed by atoms with E-state index in [1.807, 2.05) is 54.6 Å². The third-order valence-electron chi connectivity index (χ3n) is 7.89. The summed E-state index contributed by atoms with van der Waals surface area (Å²) in [4.78, 5) is 23.7. The topological polar surface area (TPSA) is 61.8 Å². The summed E-state index contributed by atoms with van der Waals surface area (Å²) in [7, 11) is 1.44. The van der Waals surface area contributed by atoms with Crippen molar-refractivity contribution >= 4 is 11.9 Å². The Kier molecular flexibility index (Phi) is 11.4. The number of carbonyl (C=O) groups excluding carboxylic acids is 2. The normalized spacial score (nSPS) is 16.7. The minimum atomic E-state index is -0.832. The first-order valence-corrected chi connectivity index (χ1v) is 14.7. The zero-order valence-electron chi connectivity index (χ0n) is 23.6. The van der Waals surface area contributed by atoms with Gasteiger partial charge in [-0.2, -0.15) is 0 Å². The summed E-state index contributed by atoms with van der Waals surface area (Å²) >= 11 is 0. The summed E-state index contributed by atoms with van der Waals surface area (Å²) in [5.74, 6) is -0.545. The Morgan fingerprint density at radius 3 is 1.60 bits per heavy atom. The van der Waals surface area contributed by atoms with Crippen LogP contribution in [0.5, 0.6) is 0 Å². The molecule has 40 heavy (non-hydrogen) atoms. The highest BCUT2D eigenvalue weighted by Crippen LogP contribution is 2.42. The lowest BCUT2D eigenvalue weighted by molar-refractivity contribution is -0.194. The van der Waals surface area contributed by atoms with E-state index in [4.69, 9.17) is 9.47 Å². The molecule has 1 aliphatic rings. The van der Waals surface area contributed by atoms with Gasteiger partial charge in [0.2, 0.25) is 0 Å². The second-order valence-electron chi connectivity index (χ2n) is 10.6. The van der Waals surface area contributed by atoms with Crippen LogP contribution in [0.15, 0.2) is 91.0 Å². The number of methoxy groups -OCH3 is 1. The number of cyclic esters (lactones) is 1. The summed E-state index contributed by atoms with van der Waals surface area (Å²) in [6, 6.07) is 30.8. The smallest absolute Gasteiger partial charge is 0.315 e. The van der Waals surface area contributed by atoms with Crippen molar-refractivity contribution in [3.8, 4) is 0 Å². The summed E-state index contributed by atoms with van der Waals surface area (Å²) in [6.07, 6.45) is 10.2. The van der Waals surface area contributed by atoms with Gasteiger partial charge < -0.3 is 14.2 Å². The van der Waals surface area contributed by atoms with Gasteiger partial charge in [-0.25, -0.2) is 0 Å². The molecular formula is C35H42O5. The van der Waals surface area contributed by atoms with E-state index in [1.165, 1.54) is 26.4 Å². The number of esters is 2. The molecule has 0 aromatic heterocycles. The van der Waals surface area contributed by atoms with Crippen molar-refractivity contribution in [1.29, 1.82) is 0 Å². The van der Waals surface area contributed by atoms with Crippen molar-refractivity contribution in [3.05, 3.63) is 108 Å². The van der Waals surface area contributed by atoms with Gasteiger partial charge in [-0.1, -0.05) is 130 Å². The summed E-state index contributed by atoms with van der Waals surface area (Å²) in [5, 5.41) is 0. The van der Waals surface area contributed by atoms with Crippen LogP contribution in [-0.4, -0.2) is 31.8 Å². The highest BCUT2D eigenvalue weighted by atomic mass is 16.6. The van der Waals surface area contributed by atoms with Crippen molar-refractivity contribution in [2.24, 2.45) is 5.92 Å². The van der Waals surface area contributed by atoms with E-state index < -0.39 is 5.60 Å². The van der Waals surface area contributed by atoms with Gasteiger partial charge in [0, 0.05) is 6.42 Å². The Bertz CT molecular complexity index is 1070. The largest absolute Gasteiger partial charge is 0.469 e. The molecule has 1 aliphatic heterocycles. The maximum absolute atomic E-state index is 12.6. The van der Waals surface area contributed by atoms with Crippen LogP contribution in [0.3, 0.4) is 0 Å². The minimum Gasteiger partial charge on any atom is -0.469 e. The molecule has 1 heterocycles. The van der Waals surface area contributed by atoms with Gasteiger partial charge in [-0.05, 0) is 36.0 Å². The Morgan fingerprint density at radius 1 is 0.700 bits per heavy atom. The van der Waals surface area contributed by atoms with Crippen molar-refractivity contribution in [1.82, 2.24) is 0 Å². The van der Waals surface area contributed by atoms with Crippen molar-refractivity contribution < 1.29 is 23.8 Å². The second-order valence-corrected chi connectivity index (χ2v) is 10.6. The van der Waals surface area contributed by atoms with Crippen LogP contribution in [0, 0.1) is 5.92 Å². The van der Waals surface area contributed by atoms with Crippen LogP contribution in [0.25, 0.3) is 0 Å². The summed E-state index contributed by atoms with van der Waals surface area (Å²) in [6.45, 7) is 0.299. The first-order valence-electron chi connectivity index (χ1n) is 14.7. The van der Waals surface area contributed by atoms with Crippen LogP contribution < -0.4 is 0 Å². The summed E-state index contributed by atoms with van der Waals surface area (Å²) in [5.41, 5.74) is 2.26. The molecule has 0 bridgehead atoms. The van der Waals surface area contributed by atoms with E-state index in [0.717, 1.165) is 55.2 Å². The fourth-order valence-corrected chi connectivity index (χ4v) is 5.59. The molecule has 3 aromatic carbocycles. The molecule has 0 saturated carbocycles. The molecule has 0 radical (unpaired) electrons. The third-order valence-corrected chi connectivity index (χ3v) is 7.89. The molecule has 5 nitrogen and oxygen atoms in total. The quantitative estimate of drug-likeness (QED) is 0.0998. The molecule has 0 N–H and O–H groups in total. The molecule has 5 heteroatoms. The highest BCUT2D eigenvalue weighted by molar-refractivity contribution is 5.78. The lowest BCUT2D eigenvalue weighted by Crippen LogP contribution is -2.49. The fourth-order valence-electron chi connectivity index (χ4n) is 5.59. The van der Waals surface area contributed by atoms with Crippen molar-refractivity contribution in [3.63, 3.8) is 0 Å². The van der Waals surface area contributed by atoms with Gasteiger partial charge in [0.15, 0.2) is 0 Å². The van der Waals surface area contributed by atoms with Crippen LogP contribution >= 0.6 is 0 Å². The predicted octanol–water partition coefficient (Wildman–Crippen LogP) is 7.61. The van der Waals surface area contributed by atoms with E-state index in [0.29, 0.717) is 13.0 Å². The molecule has 0 unspecified atom stereocenters. The molecule has 2 atom stereocenters. The van der Waals surface area contributed by atoms with E-state index in [-0.39, 0.29) is 24.0 Å². The molecule has 3 aromatic rings. The number of rotatable bonds is 17. The van der Waals surface area contributed by atoms with Gasteiger partial charge in [0.05, 0.1) is 13.7 Å². The molecule has 0 aliphatic carbocycles. The Labute approximate surface area is 238 Å². The summed E-state index contributed by atoms with van der Waals surface area (Å²) < 4.78 is 17.1. The van der Waals surface area contributed by atoms with Gasteiger partial charge in [-0.15, -0.1) is 0 Å². The lowest BCUT2D eigenvalue weighted by atomic mass is 9.79. The monoisotopic (exact) mass is 542 g/mol. The number of carbonyl (C=O) groups is 2. The first kappa shape index (κ1) is 29.5. The number of hydrogen-bond acceptors (Lipinski definition) is 5. The Hall–Kier alpha value is -3.44. The third kappa shape index (κ3) is 7.60. The predicted molar refractivity (Wildman–Crippen MR) is 157 cm³/mol. The van der Waals surface area contributed by atoms with Crippen molar-refractivity contribution in [2.75, 3.05) is 13.7 Å². The second kappa shape index (κ2) is 15.4. The van der Waals surface area contributed by atoms with Gasteiger partial charge in [0.25, 0.3) is 0 Å². The van der Waals surface area contributed by atoms with E-state index in [9.17, 15) is 9.59 Å². The Balaban J connectivity index is 1.32. The molecular weight excluding hydrogens is 500 g/mol. The van der Waals surface area contributed by atoms with Crippen molar-refractivity contribution in [2.45, 2.75) is 75.9 Å². The highest BCUT2D eigenvalue weighted by Gasteiger charge is 2.45. The van der Waals surface area contributed by atoms with E-state index in [1.54, 1.807) is 0 Å². The maximum Gasteiger partial charge on any atom is 0.315 e. The SMILES string of the molecule is COC(=O)CCCCCCCCCC[C@H]1OC(=O)[C@@H]1COC(c1ccccc1)(c1ccccc1)c1ccccc1. The maximum atomic E-state index is 12.6. The minimum absolute atomic E-state index is 0.0918. The van der Waals surface area contributed by atoms with E-state index in [2.05, 4.69) is 41.1 Å². The molecule has 1 saturated heterocycles. The van der Waals surface area contributed by atoms with Crippen LogP contribution in [-0.2, 0) is 29.4 Å².